The van der Waals surface area contributed by atoms with Crippen LogP contribution in [0, 0.1) is 20.8 Å². The van der Waals surface area contributed by atoms with E-state index >= 15 is 0 Å². The van der Waals surface area contributed by atoms with Gasteiger partial charge in [0.2, 0.25) is 0 Å². The van der Waals surface area contributed by atoms with Crippen LogP contribution in [0.25, 0.3) is 0 Å². The van der Waals surface area contributed by atoms with Crippen molar-refractivity contribution < 1.29 is 4.74 Å². The average molecular weight is 216 g/mol. The van der Waals surface area contributed by atoms with Crippen LogP contribution in [-0.2, 0) is 0 Å². The van der Waals surface area contributed by atoms with E-state index in [1.54, 1.807) is 0 Å². The van der Waals surface area contributed by atoms with E-state index < -0.39 is 0 Å². The third-order valence-corrected chi connectivity index (χ3v) is 4.07. The first-order chi connectivity index (χ1) is 7.43. The fourth-order valence-electron chi connectivity index (χ4n) is 2.45. The molecule has 0 radical (unpaired) electrons. The molecule has 0 bridgehead atoms. The normalized spacial score (nSPS) is 19.5. The Balaban J connectivity index is 2.68. The standard InChI is InChI=1S/C15H20O/c1-8-7-14-15(11(4)9(8)2)12(5)10(3)13(6)16-14/h7,12H,1-6H3. The predicted molar refractivity (Wildman–Crippen MR) is 68.1 cm³/mol. The van der Waals surface area contributed by atoms with Crippen molar-refractivity contribution in [2.45, 2.75) is 47.5 Å². The molecule has 0 N–H and O–H groups in total. The second-order valence-corrected chi connectivity index (χ2v) is 4.92. The first-order valence-electron chi connectivity index (χ1n) is 5.89. The van der Waals surface area contributed by atoms with E-state index in [9.17, 15) is 0 Å². The largest absolute Gasteiger partial charge is 0.462 e. The maximum Gasteiger partial charge on any atom is 0.131 e. The predicted octanol–water partition coefficient (Wildman–Crippen LogP) is 4.40. The van der Waals surface area contributed by atoms with Gasteiger partial charge in [-0.1, -0.05) is 6.92 Å². The molecule has 86 valence electrons. The molecule has 0 aliphatic carbocycles. The van der Waals surface area contributed by atoms with Crippen LogP contribution in [0.4, 0.5) is 0 Å². The molecule has 1 atom stereocenters. The van der Waals surface area contributed by atoms with E-state index in [1.807, 2.05) is 0 Å². The number of allylic oxidation sites excluding steroid dienone is 2. The molecule has 1 aliphatic rings. The summed E-state index contributed by atoms with van der Waals surface area (Å²) in [5, 5.41) is 0. The number of ether oxygens (including phenoxy) is 1. The number of hydrogen-bond acceptors (Lipinski definition) is 1. The molecule has 0 saturated heterocycles. The Hall–Kier alpha value is -1.24. The zero-order valence-corrected chi connectivity index (χ0v) is 11.1. The van der Waals surface area contributed by atoms with E-state index in [0.29, 0.717) is 5.92 Å². The lowest BCUT2D eigenvalue weighted by Crippen LogP contribution is -2.13. The molecule has 0 amide bonds. The van der Waals surface area contributed by atoms with Gasteiger partial charge >= 0.3 is 0 Å². The van der Waals surface area contributed by atoms with E-state index in [4.69, 9.17) is 4.74 Å². The van der Waals surface area contributed by atoms with Gasteiger partial charge in [0.05, 0.1) is 0 Å². The number of hydrogen-bond donors (Lipinski definition) is 0. The molecular weight excluding hydrogens is 196 g/mol. The minimum Gasteiger partial charge on any atom is -0.462 e. The van der Waals surface area contributed by atoms with Crippen LogP contribution in [0.5, 0.6) is 5.75 Å². The van der Waals surface area contributed by atoms with Gasteiger partial charge in [-0.2, -0.15) is 0 Å². The summed E-state index contributed by atoms with van der Waals surface area (Å²) < 4.78 is 5.91. The van der Waals surface area contributed by atoms with E-state index in [2.05, 4.69) is 47.6 Å². The van der Waals surface area contributed by atoms with Crippen molar-refractivity contribution in [3.05, 3.63) is 39.7 Å². The highest BCUT2D eigenvalue weighted by atomic mass is 16.5. The van der Waals surface area contributed by atoms with Gasteiger partial charge in [-0.15, -0.1) is 0 Å². The smallest absolute Gasteiger partial charge is 0.131 e. The van der Waals surface area contributed by atoms with Crippen LogP contribution < -0.4 is 4.74 Å². The maximum atomic E-state index is 5.91. The number of aryl methyl sites for hydroxylation is 1. The average Bonchev–Trinajstić information content (AvgIpc) is 2.23. The second kappa shape index (κ2) is 3.65. The van der Waals surface area contributed by atoms with Crippen LogP contribution in [0.15, 0.2) is 17.4 Å². The first-order valence-corrected chi connectivity index (χ1v) is 5.89. The van der Waals surface area contributed by atoms with Crippen LogP contribution in [0.2, 0.25) is 0 Å². The fraction of sp³-hybridized carbons (Fsp3) is 0.467. The molecule has 1 aliphatic heterocycles. The lowest BCUT2D eigenvalue weighted by atomic mass is 9.84. The van der Waals surface area contributed by atoms with Crippen LogP contribution in [0.1, 0.15) is 48.9 Å². The molecule has 16 heavy (non-hydrogen) atoms. The zero-order valence-electron chi connectivity index (χ0n) is 11.1. The van der Waals surface area contributed by atoms with Crippen LogP contribution in [-0.4, -0.2) is 0 Å². The monoisotopic (exact) mass is 216 g/mol. The molecule has 1 aromatic carbocycles. The van der Waals surface area contributed by atoms with Gasteiger partial charge in [0.1, 0.15) is 11.5 Å². The Morgan fingerprint density at radius 3 is 2.25 bits per heavy atom. The molecule has 1 unspecified atom stereocenters. The van der Waals surface area contributed by atoms with Crippen molar-refractivity contribution in [2.24, 2.45) is 0 Å². The molecule has 2 rings (SSSR count). The minimum atomic E-state index is 0.475. The molecule has 1 heterocycles. The molecule has 0 saturated carbocycles. The highest BCUT2D eigenvalue weighted by Gasteiger charge is 2.24. The SMILES string of the molecule is CC1=C(C)C(C)c2c(cc(C)c(C)c2C)O1. The van der Waals surface area contributed by atoms with Gasteiger partial charge in [-0.05, 0) is 62.9 Å². The van der Waals surface area contributed by atoms with Crippen LogP contribution >= 0.6 is 0 Å². The van der Waals surface area contributed by atoms with Crippen LogP contribution in [0.3, 0.4) is 0 Å². The Labute approximate surface area is 98.1 Å². The fourth-order valence-corrected chi connectivity index (χ4v) is 2.45. The van der Waals surface area contributed by atoms with Crippen molar-refractivity contribution in [3.8, 4) is 5.75 Å². The van der Waals surface area contributed by atoms with Gasteiger partial charge in [0.25, 0.3) is 0 Å². The highest BCUT2D eigenvalue weighted by Crippen LogP contribution is 2.42. The van der Waals surface area contributed by atoms with Crippen molar-refractivity contribution in [2.75, 3.05) is 0 Å². The van der Waals surface area contributed by atoms with Gasteiger partial charge in [0.15, 0.2) is 0 Å². The lowest BCUT2D eigenvalue weighted by Gasteiger charge is -2.28. The topological polar surface area (TPSA) is 9.23 Å². The van der Waals surface area contributed by atoms with Crippen molar-refractivity contribution >= 4 is 0 Å². The molecule has 0 aromatic heterocycles. The Bertz CT molecular complexity index is 481. The van der Waals surface area contributed by atoms with Crippen molar-refractivity contribution in [1.29, 1.82) is 0 Å². The molecule has 1 aromatic rings. The quantitative estimate of drug-likeness (QED) is 0.624. The summed E-state index contributed by atoms with van der Waals surface area (Å²) >= 11 is 0. The number of benzene rings is 1. The lowest BCUT2D eigenvalue weighted by molar-refractivity contribution is 0.393. The minimum absolute atomic E-state index is 0.475. The second-order valence-electron chi connectivity index (χ2n) is 4.92. The molecule has 0 spiro atoms. The van der Waals surface area contributed by atoms with E-state index in [0.717, 1.165) is 11.5 Å². The first kappa shape index (κ1) is 11.3. The van der Waals surface area contributed by atoms with E-state index in [-0.39, 0.29) is 0 Å². The summed E-state index contributed by atoms with van der Waals surface area (Å²) in [6.07, 6.45) is 0. The summed E-state index contributed by atoms with van der Waals surface area (Å²) in [5.41, 5.74) is 6.80. The summed E-state index contributed by atoms with van der Waals surface area (Å²) in [4.78, 5) is 0. The summed E-state index contributed by atoms with van der Waals surface area (Å²) in [7, 11) is 0. The molecule has 1 heteroatoms. The van der Waals surface area contributed by atoms with E-state index in [1.165, 1.54) is 27.8 Å². The van der Waals surface area contributed by atoms with Gasteiger partial charge < -0.3 is 4.74 Å². The van der Waals surface area contributed by atoms with Gasteiger partial charge in [0, 0.05) is 11.5 Å². The third-order valence-electron chi connectivity index (χ3n) is 4.07. The molecular formula is C15H20O. The molecule has 0 fully saturated rings. The molecule has 1 nitrogen and oxygen atoms in total. The Morgan fingerprint density at radius 2 is 1.62 bits per heavy atom. The zero-order chi connectivity index (χ0) is 12.0. The summed E-state index contributed by atoms with van der Waals surface area (Å²) in [5.74, 6) is 2.59. The highest BCUT2D eigenvalue weighted by molar-refractivity contribution is 5.54. The summed E-state index contributed by atoms with van der Waals surface area (Å²) in [6.45, 7) is 13.0. The summed E-state index contributed by atoms with van der Waals surface area (Å²) in [6, 6.07) is 2.17. The number of fused-ring (bicyclic) bond motifs is 1. The Morgan fingerprint density at radius 1 is 1.00 bits per heavy atom. The number of rotatable bonds is 0. The Kier molecular flexibility index (Phi) is 2.57. The maximum absolute atomic E-state index is 5.91. The van der Waals surface area contributed by atoms with Crippen molar-refractivity contribution in [3.63, 3.8) is 0 Å². The van der Waals surface area contributed by atoms with Gasteiger partial charge in [-0.25, -0.2) is 0 Å². The third kappa shape index (κ3) is 1.46. The van der Waals surface area contributed by atoms with Gasteiger partial charge in [-0.3, -0.25) is 0 Å². The van der Waals surface area contributed by atoms with Crippen molar-refractivity contribution in [1.82, 2.24) is 0 Å².